The summed E-state index contributed by atoms with van der Waals surface area (Å²) in [5.74, 6) is 0. The van der Waals surface area contributed by atoms with Crippen LogP contribution >= 0.6 is 11.6 Å². The van der Waals surface area contributed by atoms with E-state index in [4.69, 9.17) is 22.1 Å². The first-order valence-electron chi connectivity index (χ1n) is 5.55. The van der Waals surface area contributed by atoms with Gasteiger partial charge in [-0.15, -0.1) is 0 Å². The Morgan fingerprint density at radius 1 is 1.59 bits per heavy atom. The third kappa shape index (κ3) is 2.37. The second kappa shape index (κ2) is 4.94. The van der Waals surface area contributed by atoms with Crippen molar-refractivity contribution in [2.75, 3.05) is 18.1 Å². The lowest BCUT2D eigenvalue weighted by Gasteiger charge is -2.22. The minimum atomic E-state index is -0.325. The summed E-state index contributed by atoms with van der Waals surface area (Å²) in [6.07, 6.45) is 0.395. The van der Waals surface area contributed by atoms with E-state index in [0.29, 0.717) is 18.2 Å². The zero-order valence-corrected chi connectivity index (χ0v) is 10.4. The Kier molecular flexibility index (Phi) is 3.54. The number of aryl methyl sites for hydroxylation is 1. The zero-order chi connectivity index (χ0) is 12.4. The van der Waals surface area contributed by atoms with Crippen LogP contribution in [0.3, 0.4) is 0 Å². The fraction of sp³-hybridized carbons (Fsp3) is 0.417. The molecule has 0 saturated carbocycles. The highest BCUT2D eigenvalue weighted by atomic mass is 35.5. The van der Waals surface area contributed by atoms with Gasteiger partial charge in [0, 0.05) is 5.02 Å². The van der Waals surface area contributed by atoms with Gasteiger partial charge in [-0.1, -0.05) is 17.7 Å². The Morgan fingerprint density at radius 2 is 2.35 bits per heavy atom. The van der Waals surface area contributed by atoms with Gasteiger partial charge in [0.2, 0.25) is 0 Å². The Balaban J connectivity index is 2.35. The van der Waals surface area contributed by atoms with E-state index < -0.39 is 0 Å². The number of benzene rings is 1. The number of cyclic esters (lactones) is 1. The molecule has 0 aliphatic carbocycles. The molecule has 1 atom stereocenters. The molecule has 4 nitrogen and oxygen atoms in total. The van der Waals surface area contributed by atoms with Crippen LogP contribution in [-0.4, -0.2) is 25.3 Å². The number of carbonyl (C=O) groups is 1. The molecule has 0 radical (unpaired) electrons. The number of nitrogens with two attached hydrogens (primary N) is 1. The lowest BCUT2D eigenvalue weighted by Crippen LogP contribution is -2.35. The SMILES string of the molecule is Cc1ccc(Cl)cc1N1C(=O)OCC1CCN. The maximum atomic E-state index is 11.7. The molecule has 1 aromatic carbocycles. The van der Waals surface area contributed by atoms with E-state index in [2.05, 4.69) is 0 Å². The summed E-state index contributed by atoms with van der Waals surface area (Å²) in [7, 11) is 0. The summed E-state index contributed by atoms with van der Waals surface area (Å²) in [6, 6.07) is 5.49. The lowest BCUT2D eigenvalue weighted by atomic mass is 10.1. The van der Waals surface area contributed by atoms with Gasteiger partial charge in [0.05, 0.1) is 11.7 Å². The van der Waals surface area contributed by atoms with Crippen molar-refractivity contribution in [2.45, 2.75) is 19.4 Å². The number of rotatable bonds is 3. The molecule has 1 saturated heterocycles. The van der Waals surface area contributed by atoms with Crippen molar-refractivity contribution < 1.29 is 9.53 Å². The summed E-state index contributed by atoms with van der Waals surface area (Å²) in [4.78, 5) is 13.4. The molecule has 1 amide bonds. The fourth-order valence-corrected chi connectivity index (χ4v) is 2.17. The van der Waals surface area contributed by atoms with Crippen LogP contribution in [0.1, 0.15) is 12.0 Å². The predicted octanol–water partition coefficient (Wildman–Crippen LogP) is 2.32. The number of carbonyl (C=O) groups excluding carboxylic acids is 1. The summed E-state index contributed by atoms with van der Waals surface area (Å²) < 4.78 is 5.07. The van der Waals surface area contributed by atoms with Crippen molar-refractivity contribution in [1.29, 1.82) is 0 Å². The van der Waals surface area contributed by atoms with Crippen LogP contribution in [0, 0.1) is 6.92 Å². The van der Waals surface area contributed by atoms with Gasteiger partial charge in [0.15, 0.2) is 0 Å². The summed E-state index contributed by atoms with van der Waals surface area (Å²) in [5, 5.41) is 0.608. The maximum Gasteiger partial charge on any atom is 0.414 e. The smallest absolute Gasteiger partial charge is 0.414 e. The molecule has 1 fully saturated rings. The van der Waals surface area contributed by atoms with Crippen LogP contribution in [0.15, 0.2) is 18.2 Å². The average Bonchev–Trinajstić information content (AvgIpc) is 2.64. The lowest BCUT2D eigenvalue weighted by molar-refractivity contribution is 0.178. The number of hydrogen-bond donors (Lipinski definition) is 1. The van der Waals surface area contributed by atoms with E-state index in [0.717, 1.165) is 17.7 Å². The number of anilines is 1. The molecule has 0 bridgehead atoms. The summed E-state index contributed by atoms with van der Waals surface area (Å²) >= 11 is 5.96. The standard InChI is InChI=1S/C12H15ClN2O2/c1-8-2-3-9(13)6-11(8)15-10(4-5-14)7-17-12(15)16/h2-3,6,10H,4-5,7,14H2,1H3. The highest BCUT2D eigenvalue weighted by Crippen LogP contribution is 2.30. The largest absolute Gasteiger partial charge is 0.447 e. The van der Waals surface area contributed by atoms with E-state index in [1.807, 2.05) is 13.0 Å². The first kappa shape index (κ1) is 12.2. The molecule has 1 aromatic rings. The van der Waals surface area contributed by atoms with Gasteiger partial charge in [0.25, 0.3) is 0 Å². The fourth-order valence-electron chi connectivity index (χ4n) is 2.00. The van der Waals surface area contributed by atoms with Gasteiger partial charge in [-0.3, -0.25) is 4.90 Å². The first-order chi connectivity index (χ1) is 8.13. The van der Waals surface area contributed by atoms with Crippen molar-refractivity contribution in [1.82, 2.24) is 0 Å². The monoisotopic (exact) mass is 254 g/mol. The van der Waals surface area contributed by atoms with E-state index in [1.165, 1.54) is 0 Å². The minimum absolute atomic E-state index is 0.00432. The van der Waals surface area contributed by atoms with Crippen LogP contribution < -0.4 is 10.6 Å². The second-order valence-electron chi connectivity index (χ2n) is 4.11. The summed E-state index contributed by atoms with van der Waals surface area (Å²) in [6.45, 7) is 2.86. The molecule has 1 heterocycles. The highest BCUT2D eigenvalue weighted by Gasteiger charge is 2.34. The molecular weight excluding hydrogens is 240 g/mol. The molecule has 2 rings (SSSR count). The van der Waals surface area contributed by atoms with E-state index in [9.17, 15) is 4.79 Å². The Bertz CT molecular complexity index is 437. The Hall–Kier alpha value is -1.26. The third-order valence-corrected chi connectivity index (χ3v) is 3.13. The highest BCUT2D eigenvalue weighted by molar-refractivity contribution is 6.31. The number of ether oxygens (including phenoxy) is 1. The molecule has 2 N–H and O–H groups in total. The molecule has 1 unspecified atom stereocenters. The molecule has 92 valence electrons. The number of nitrogens with zero attached hydrogens (tertiary/aromatic N) is 1. The van der Waals surface area contributed by atoms with Crippen molar-refractivity contribution >= 4 is 23.4 Å². The Labute approximate surface area is 105 Å². The molecule has 0 spiro atoms. The average molecular weight is 255 g/mol. The van der Waals surface area contributed by atoms with Crippen molar-refractivity contribution in [3.05, 3.63) is 28.8 Å². The molecule has 0 aromatic heterocycles. The Morgan fingerprint density at radius 3 is 3.06 bits per heavy atom. The molecule has 5 heteroatoms. The van der Waals surface area contributed by atoms with E-state index in [1.54, 1.807) is 17.0 Å². The molecular formula is C12H15ClN2O2. The molecule has 1 aliphatic rings. The van der Waals surface area contributed by atoms with Crippen molar-refractivity contribution in [2.24, 2.45) is 5.73 Å². The van der Waals surface area contributed by atoms with Gasteiger partial charge in [-0.2, -0.15) is 0 Å². The minimum Gasteiger partial charge on any atom is -0.447 e. The van der Waals surface area contributed by atoms with E-state index in [-0.39, 0.29) is 12.1 Å². The van der Waals surface area contributed by atoms with Crippen LogP contribution in [0.5, 0.6) is 0 Å². The predicted molar refractivity (Wildman–Crippen MR) is 67.5 cm³/mol. The first-order valence-corrected chi connectivity index (χ1v) is 5.93. The van der Waals surface area contributed by atoms with Gasteiger partial charge >= 0.3 is 6.09 Å². The zero-order valence-electron chi connectivity index (χ0n) is 9.65. The number of hydrogen-bond acceptors (Lipinski definition) is 3. The van der Waals surface area contributed by atoms with Crippen LogP contribution in [0.25, 0.3) is 0 Å². The third-order valence-electron chi connectivity index (χ3n) is 2.89. The number of amides is 1. The molecule has 17 heavy (non-hydrogen) atoms. The number of halogens is 1. The topological polar surface area (TPSA) is 55.6 Å². The van der Waals surface area contributed by atoms with Crippen LogP contribution in [0.2, 0.25) is 5.02 Å². The van der Waals surface area contributed by atoms with Gasteiger partial charge in [-0.05, 0) is 37.6 Å². The molecule has 1 aliphatic heterocycles. The van der Waals surface area contributed by atoms with E-state index >= 15 is 0 Å². The normalized spacial score (nSPS) is 19.6. The summed E-state index contributed by atoms with van der Waals surface area (Å²) in [5.41, 5.74) is 7.34. The van der Waals surface area contributed by atoms with Crippen LogP contribution in [0.4, 0.5) is 10.5 Å². The quantitative estimate of drug-likeness (QED) is 0.901. The van der Waals surface area contributed by atoms with Crippen molar-refractivity contribution in [3.8, 4) is 0 Å². The second-order valence-corrected chi connectivity index (χ2v) is 4.55. The maximum absolute atomic E-state index is 11.7. The van der Waals surface area contributed by atoms with Crippen molar-refractivity contribution in [3.63, 3.8) is 0 Å². The van der Waals surface area contributed by atoms with Gasteiger partial charge in [0.1, 0.15) is 6.61 Å². The van der Waals surface area contributed by atoms with Gasteiger partial charge in [-0.25, -0.2) is 4.79 Å². The van der Waals surface area contributed by atoms with Crippen LogP contribution in [-0.2, 0) is 4.74 Å². The van der Waals surface area contributed by atoms with Gasteiger partial charge < -0.3 is 10.5 Å².